The molecule has 3 aromatic rings. The molecular formula is C32H30N2O4. The van der Waals surface area contributed by atoms with E-state index in [9.17, 15) is 19.5 Å². The topological polar surface area (TPSA) is 87.6 Å². The molecule has 1 N–H and O–H groups in total. The van der Waals surface area contributed by atoms with Crippen molar-refractivity contribution in [3.8, 4) is 0 Å². The zero-order chi connectivity index (χ0) is 27.1. The maximum absolute atomic E-state index is 13.7. The van der Waals surface area contributed by atoms with Gasteiger partial charge in [0.05, 0.1) is 11.1 Å². The van der Waals surface area contributed by atoms with Crippen molar-refractivity contribution in [2.24, 2.45) is 10.8 Å². The minimum atomic E-state index is -0.942. The number of hydrogen-bond donors (Lipinski definition) is 1. The van der Waals surface area contributed by atoms with E-state index in [1.165, 1.54) is 5.57 Å². The number of aromatic nitrogens is 1. The molecule has 2 aromatic carbocycles. The second-order valence-electron chi connectivity index (χ2n) is 10.8. The third-order valence-corrected chi connectivity index (χ3v) is 7.83. The summed E-state index contributed by atoms with van der Waals surface area (Å²) < 4.78 is 0. The third-order valence-electron chi connectivity index (χ3n) is 7.83. The van der Waals surface area contributed by atoms with Crippen molar-refractivity contribution in [2.45, 2.75) is 27.2 Å². The number of fused-ring (bicyclic) bond motifs is 1. The Labute approximate surface area is 222 Å². The van der Waals surface area contributed by atoms with Gasteiger partial charge in [0, 0.05) is 35.7 Å². The minimum absolute atomic E-state index is 0.173. The lowest BCUT2D eigenvalue weighted by molar-refractivity contribution is 0.0671. The van der Waals surface area contributed by atoms with Crippen molar-refractivity contribution in [3.63, 3.8) is 0 Å². The van der Waals surface area contributed by atoms with Crippen LogP contribution in [0.2, 0.25) is 0 Å². The number of amides is 1. The maximum Gasteiger partial charge on any atom is 0.335 e. The van der Waals surface area contributed by atoms with Gasteiger partial charge in [-0.15, -0.1) is 0 Å². The van der Waals surface area contributed by atoms with Gasteiger partial charge >= 0.3 is 5.97 Å². The van der Waals surface area contributed by atoms with Gasteiger partial charge in [0.2, 0.25) is 0 Å². The van der Waals surface area contributed by atoms with Crippen LogP contribution in [0.25, 0.3) is 5.57 Å². The summed E-state index contributed by atoms with van der Waals surface area (Å²) in [7, 11) is 0. The van der Waals surface area contributed by atoms with Gasteiger partial charge in [-0.25, -0.2) is 4.79 Å². The number of carboxylic acids is 1. The van der Waals surface area contributed by atoms with E-state index in [1.807, 2.05) is 18.2 Å². The van der Waals surface area contributed by atoms with Gasteiger partial charge in [0.15, 0.2) is 5.78 Å². The van der Waals surface area contributed by atoms with Gasteiger partial charge in [-0.2, -0.15) is 0 Å². The molecule has 6 nitrogen and oxygen atoms in total. The second-order valence-corrected chi connectivity index (χ2v) is 10.8. The van der Waals surface area contributed by atoms with E-state index >= 15 is 0 Å². The number of ketones is 1. The first kappa shape index (κ1) is 25.3. The maximum atomic E-state index is 13.7. The molecular weight excluding hydrogens is 476 g/mol. The lowest BCUT2D eigenvalue weighted by atomic mass is 9.58. The number of carbonyl (C=O) groups excluding carboxylic acids is 2. The van der Waals surface area contributed by atoms with Crippen LogP contribution in [0.3, 0.4) is 0 Å². The van der Waals surface area contributed by atoms with Crippen LogP contribution in [0.15, 0.2) is 90.7 Å². The summed E-state index contributed by atoms with van der Waals surface area (Å²) in [5.74, 6) is -1.41. The van der Waals surface area contributed by atoms with Gasteiger partial charge in [0.1, 0.15) is 5.69 Å². The number of hydrogen-bond acceptors (Lipinski definition) is 4. The van der Waals surface area contributed by atoms with Crippen LogP contribution in [0, 0.1) is 10.8 Å². The molecule has 2 aliphatic rings. The number of aromatic carboxylic acids is 1. The fourth-order valence-corrected chi connectivity index (χ4v) is 6.01. The number of carboxylic acid groups (broad SMARTS) is 1. The van der Waals surface area contributed by atoms with Crippen molar-refractivity contribution < 1.29 is 19.5 Å². The summed E-state index contributed by atoms with van der Waals surface area (Å²) in [6, 6.07) is 19.3. The number of carbonyl (C=O) groups is 3. The van der Waals surface area contributed by atoms with Crippen molar-refractivity contribution in [1.82, 2.24) is 9.88 Å². The minimum Gasteiger partial charge on any atom is -0.478 e. The third kappa shape index (κ3) is 4.36. The van der Waals surface area contributed by atoms with Crippen LogP contribution in [0.1, 0.15) is 69.5 Å². The highest BCUT2D eigenvalue weighted by Gasteiger charge is 2.46. The van der Waals surface area contributed by atoms with Crippen LogP contribution in [-0.4, -0.2) is 45.7 Å². The summed E-state index contributed by atoms with van der Waals surface area (Å²) >= 11 is 0. The normalized spacial score (nSPS) is 20.1. The first-order valence-corrected chi connectivity index (χ1v) is 12.7. The molecule has 0 saturated carbocycles. The Bertz CT molecular complexity index is 1490. The number of rotatable bonds is 5. The van der Waals surface area contributed by atoms with E-state index in [2.05, 4.69) is 37.9 Å². The lowest BCUT2D eigenvalue weighted by Crippen LogP contribution is -2.49. The second kappa shape index (κ2) is 9.53. The molecule has 1 atom stereocenters. The number of pyridine rings is 1. The first-order valence-electron chi connectivity index (χ1n) is 12.7. The van der Waals surface area contributed by atoms with Gasteiger partial charge in [-0.1, -0.05) is 81.0 Å². The number of nitrogens with zero attached hydrogens (tertiary/aromatic N) is 2. The zero-order valence-corrected chi connectivity index (χ0v) is 21.8. The molecule has 1 aliphatic carbocycles. The molecule has 0 saturated heterocycles. The van der Waals surface area contributed by atoms with E-state index in [0.717, 1.165) is 17.6 Å². The standard InChI is InChI=1S/C32H30N2O4/c1-31(2)25(21-11-13-23(14-12-21)30(37)38)15-17-32(3)20-34(19-16-26(31)32)29(36)27-24(10-7-18-33-27)28(35)22-8-5-4-6-9-22/h4-16,18H,17,19-20H2,1-3H3,(H,37,38)/t32-/m1/s1. The molecule has 38 heavy (non-hydrogen) atoms. The monoisotopic (exact) mass is 506 g/mol. The molecule has 0 radical (unpaired) electrons. The van der Waals surface area contributed by atoms with Crippen LogP contribution < -0.4 is 0 Å². The van der Waals surface area contributed by atoms with Gasteiger partial charge < -0.3 is 10.0 Å². The number of allylic oxidation sites excluding steroid dienone is 2. The molecule has 1 aliphatic heterocycles. The molecule has 1 amide bonds. The molecule has 192 valence electrons. The highest BCUT2D eigenvalue weighted by atomic mass is 16.4. The Morgan fingerprint density at radius 1 is 0.868 bits per heavy atom. The molecule has 2 heterocycles. The van der Waals surface area contributed by atoms with E-state index in [1.54, 1.807) is 59.6 Å². The molecule has 5 rings (SSSR count). The number of benzene rings is 2. The highest BCUT2D eigenvalue weighted by Crippen LogP contribution is 2.55. The van der Waals surface area contributed by atoms with Crippen molar-refractivity contribution in [2.75, 3.05) is 13.1 Å². The summed E-state index contributed by atoms with van der Waals surface area (Å²) in [5, 5.41) is 9.26. The molecule has 0 unspecified atom stereocenters. The average Bonchev–Trinajstić information content (AvgIpc) is 2.92. The van der Waals surface area contributed by atoms with Crippen LogP contribution in [0.4, 0.5) is 0 Å². The smallest absolute Gasteiger partial charge is 0.335 e. The van der Waals surface area contributed by atoms with Crippen LogP contribution in [0.5, 0.6) is 0 Å². The van der Waals surface area contributed by atoms with Gasteiger partial charge in [-0.05, 0) is 41.8 Å². The highest BCUT2D eigenvalue weighted by molar-refractivity contribution is 6.14. The fraction of sp³-hybridized carbons (Fsp3) is 0.250. The average molecular weight is 507 g/mol. The summed E-state index contributed by atoms with van der Waals surface area (Å²) in [6.07, 6.45) is 6.64. The summed E-state index contributed by atoms with van der Waals surface area (Å²) in [5.41, 5.74) is 4.09. The van der Waals surface area contributed by atoms with Crippen LogP contribution >= 0.6 is 0 Å². The largest absolute Gasteiger partial charge is 0.478 e. The Kier molecular flexibility index (Phi) is 6.35. The molecule has 0 fully saturated rings. The van der Waals surface area contributed by atoms with Crippen LogP contribution in [-0.2, 0) is 0 Å². The fourth-order valence-electron chi connectivity index (χ4n) is 6.01. The Hall–Kier alpha value is -4.32. The van der Waals surface area contributed by atoms with E-state index in [-0.39, 0.29) is 33.8 Å². The predicted octanol–water partition coefficient (Wildman–Crippen LogP) is 5.91. The zero-order valence-electron chi connectivity index (χ0n) is 21.8. The van der Waals surface area contributed by atoms with Crippen molar-refractivity contribution in [3.05, 3.63) is 119 Å². The van der Waals surface area contributed by atoms with E-state index < -0.39 is 5.97 Å². The Morgan fingerprint density at radius 3 is 2.26 bits per heavy atom. The molecule has 1 aromatic heterocycles. The molecule has 0 spiro atoms. The van der Waals surface area contributed by atoms with Gasteiger partial charge in [-0.3, -0.25) is 14.6 Å². The molecule has 6 heteroatoms. The van der Waals surface area contributed by atoms with Gasteiger partial charge in [0.25, 0.3) is 5.91 Å². The van der Waals surface area contributed by atoms with E-state index in [4.69, 9.17) is 0 Å². The van der Waals surface area contributed by atoms with Crippen molar-refractivity contribution in [1.29, 1.82) is 0 Å². The SMILES string of the molecule is CC1(C)C(c2ccc(C(=O)O)cc2)=CC[C@]2(C)CN(C(=O)c3ncccc3C(=O)c3ccccc3)CC=C12. The summed E-state index contributed by atoms with van der Waals surface area (Å²) in [4.78, 5) is 44.3. The lowest BCUT2D eigenvalue weighted by Gasteiger charge is -2.50. The quantitative estimate of drug-likeness (QED) is 0.343. The molecule has 0 bridgehead atoms. The van der Waals surface area contributed by atoms with E-state index in [0.29, 0.717) is 24.2 Å². The summed E-state index contributed by atoms with van der Waals surface area (Å²) in [6.45, 7) is 7.47. The predicted molar refractivity (Wildman–Crippen MR) is 146 cm³/mol. The Morgan fingerprint density at radius 2 is 1.58 bits per heavy atom. The first-order chi connectivity index (χ1) is 18.1. The van der Waals surface area contributed by atoms with Crippen molar-refractivity contribution >= 4 is 23.2 Å². The Balaban J connectivity index is 1.43.